The summed E-state index contributed by atoms with van der Waals surface area (Å²) in [6.45, 7) is 0. The molecule has 6 heteroatoms. The highest BCUT2D eigenvalue weighted by atomic mass is 16.1. The first kappa shape index (κ1) is 23.4. The number of nitrogens with zero attached hydrogens (tertiary/aromatic N) is 3. The summed E-state index contributed by atoms with van der Waals surface area (Å²) in [7, 11) is 0. The lowest BCUT2D eigenvalue weighted by Gasteiger charge is -2.56. The number of hydrogen-bond donors (Lipinski definition) is 1. The number of piperidine rings is 2. The number of benzene rings is 1. The molecule has 1 N–H and O–H groups in total. The van der Waals surface area contributed by atoms with Crippen LogP contribution in [0, 0.1) is 11.8 Å². The van der Waals surface area contributed by atoms with Gasteiger partial charge in [0, 0.05) is 42.0 Å². The summed E-state index contributed by atoms with van der Waals surface area (Å²) < 4.78 is 2.07. The minimum absolute atomic E-state index is 0.0349. The number of para-hydroxylation sites is 2. The van der Waals surface area contributed by atoms with Crippen LogP contribution in [0.3, 0.4) is 0 Å². The van der Waals surface area contributed by atoms with E-state index in [1.54, 1.807) is 12.3 Å². The van der Waals surface area contributed by atoms with Gasteiger partial charge in [-0.05, 0) is 75.0 Å². The van der Waals surface area contributed by atoms with E-state index in [1.165, 1.54) is 70.3 Å². The third-order valence-electron chi connectivity index (χ3n) is 10.1. The maximum atomic E-state index is 14.1. The van der Waals surface area contributed by atoms with Crippen LogP contribution in [0.5, 0.6) is 0 Å². The van der Waals surface area contributed by atoms with Crippen LogP contribution < -0.4 is 11.1 Å². The first-order valence-electron chi connectivity index (χ1n) is 14.6. The fourth-order valence-electron chi connectivity index (χ4n) is 8.50. The van der Waals surface area contributed by atoms with Crippen molar-refractivity contribution in [3.05, 3.63) is 63.3 Å². The highest BCUT2D eigenvalue weighted by molar-refractivity contribution is 5.77. The van der Waals surface area contributed by atoms with Crippen molar-refractivity contribution in [2.75, 3.05) is 0 Å². The van der Waals surface area contributed by atoms with Crippen LogP contribution in [0.15, 0.2) is 52.2 Å². The van der Waals surface area contributed by atoms with Crippen LogP contribution in [0.25, 0.3) is 22.3 Å². The van der Waals surface area contributed by atoms with Gasteiger partial charge in [-0.25, -0.2) is 4.98 Å². The standard InChI is InChI=1S/C31H38N4O2/c36-29-15-14-22(19-32-29)30-31(37)35(27-11-4-3-10-26(27)33-30)25-17-23-8-5-9-24(18-25)34(23)28-16-20-6-1-2-7-21(28)13-12-20/h3-4,10-11,14-15,19-21,23-25,28H,1-2,5-9,12-13,16-18H2,(H,32,36). The Hall–Kier alpha value is -2.73. The molecule has 4 bridgehead atoms. The molecule has 37 heavy (non-hydrogen) atoms. The second-order valence-electron chi connectivity index (χ2n) is 12.2. The molecule has 6 nitrogen and oxygen atoms in total. The molecule has 1 aromatic carbocycles. The molecule has 2 aliphatic heterocycles. The molecule has 4 heterocycles. The minimum Gasteiger partial charge on any atom is -0.328 e. The zero-order valence-electron chi connectivity index (χ0n) is 21.6. The lowest BCUT2D eigenvalue weighted by Crippen LogP contribution is -2.60. The van der Waals surface area contributed by atoms with Gasteiger partial charge in [-0.3, -0.25) is 14.5 Å². The van der Waals surface area contributed by atoms with E-state index in [2.05, 4.69) is 20.5 Å². The predicted octanol–water partition coefficient (Wildman–Crippen LogP) is 5.67. The highest BCUT2D eigenvalue weighted by Gasteiger charge is 2.46. The van der Waals surface area contributed by atoms with Gasteiger partial charge >= 0.3 is 0 Å². The number of fused-ring (bicyclic) bond motifs is 9. The Morgan fingerprint density at radius 1 is 0.784 bits per heavy atom. The summed E-state index contributed by atoms with van der Waals surface area (Å²) in [6.07, 6.45) is 17.5. The molecule has 3 saturated carbocycles. The molecule has 3 aromatic rings. The number of pyridine rings is 1. The van der Waals surface area contributed by atoms with Crippen molar-refractivity contribution >= 4 is 11.0 Å². The maximum absolute atomic E-state index is 14.1. The number of nitrogens with one attached hydrogen (secondary N) is 1. The zero-order chi connectivity index (χ0) is 24.9. The van der Waals surface area contributed by atoms with E-state index < -0.39 is 0 Å². The van der Waals surface area contributed by atoms with Gasteiger partial charge in [0.1, 0.15) is 5.69 Å². The molecular weight excluding hydrogens is 460 g/mol. The Labute approximate surface area is 218 Å². The number of aromatic amines is 1. The number of H-pyrrole nitrogens is 1. The third-order valence-corrected chi connectivity index (χ3v) is 10.1. The van der Waals surface area contributed by atoms with Crippen molar-refractivity contribution in [3.63, 3.8) is 0 Å². The van der Waals surface area contributed by atoms with E-state index in [0.717, 1.165) is 41.8 Å². The SMILES string of the molecule is O=c1ccc(-c2nc3ccccc3n(C3CC4CCCC(C3)N4C3CC4CCCCC3CC4)c2=O)c[nH]1. The number of aromatic nitrogens is 3. The van der Waals surface area contributed by atoms with Gasteiger partial charge in [-0.15, -0.1) is 0 Å². The van der Waals surface area contributed by atoms with Gasteiger partial charge in [0.05, 0.1) is 11.0 Å². The molecule has 5 atom stereocenters. The van der Waals surface area contributed by atoms with E-state index in [4.69, 9.17) is 4.98 Å². The van der Waals surface area contributed by atoms with Crippen molar-refractivity contribution in [2.24, 2.45) is 11.8 Å². The van der Waals surface area contributed by atoms with Crippen LogP contribution in [0.1, 0.15) is 83.1 Å². The van der Waals surface area contributed by atoms with Crippen molar-refractivity contribution in [1.82, 2.24) is 19.4 Å². The Morgan fingerprint density at radius 3 is 2.41 bits per heavy atom. The summed E-state index contributed by atoms with van der Waals surface area (Å²) in [4.78, 5) is 36.2. The number of hydrogen-bond acceptors (Lipinski definition) is 4. The van der Waals surface area contributed by atoms with Gasteiger partial charge < -0.3 is 9.55 Å². The van der Waals surface area contributed by atoms with Crippen molar-refractivity contribution in [2.45, 2.75) is 101 Å². The Bertz CT molecular complexity index is 1370. The first-order valence-corrected chi connectivity index (χ1v) is 14.6. The molecule has 5 unspecified atom stereocenters. The summed E-state index contributed by atoms with van der Waals surface area (Å²) in [5.74, 6) is 1.79. The minimum atomic E-state index is -0.173. The van der Waals surface area contributed by atoms with Crippen molar-refractivity contribution in [1.29, 1.82) is 0 Å². The molecule has 0 amide bonds. The van der Waals surface area contributed by atoms with Crippen molar-refractivity contribution < 1.29 is 0 Å². The molecule has 3 aliphatic carbocycles. The number of rotatable bonds is 3. The Morgan fingerprint density at radius 2 is 1.59 bits per heavy atom. The average molecular weight is 499 g/mol. The first-order chi connectivity index (χ1) is 18.2. The summed E-state index contributed by atoms with van der Waals surface area (Å²) in [5.41, 5.74) is 2.67. The normalized spacial score (nSPS) is 32.2. The topological polar surface area (TPSA) is 71.0 Å². The fraction of sp³-hybridized carbons (Fsp3) is 0.581. The van der Waals surface area contributed by atoms with Gasteiger partial charge in [-0.2, -0.15) is 0 Å². The van der Waals surface area contributed by atoms with Crippen LogP contribution in [0.4, 0.5) is 0 Å². The summed E-state index contributed by atoms with van der Waals surface area (Å²) in [6, 6.07) is 13.3. The lowest BCUT2D eigenvalue weighted by molar-refractivity contribution is -0.0603. The molecule has 5 fully saturated rings. The van der Waals surface area contributed by atoms with Gasteiger partial charge in [0.15, 0.2) is 0 Å². The molecule has 0 radical (unpaired) electrons. The fourth-order valence-corrected chi connectivity index (χ4v) is 8.50. The third kappa shape index (κ3) is 4.18. The highest BCUT2D eigenvalue weighted by Crippen LogP contribution is 2.47. The second kappa shape index (κ2) is 9.54. The van der Waals surface area contributed by atoms with E-state index >= 15 is 0 Å². The predicted molar refractivity (Wildman–Crippen MR) is 147 cm³/mol. The van der Waals surface area contributed by atoms with Gasteiger partial charge in [0.2, 0.25) is 5.56 Å². The van der Waals surface area contributed by atoms with E-state index in [9.17, 15) is 9.59 Å². The maximum Gasteiger partial charge on any atom is 0.277 e. The molecule has 5 aliphatic rings. The van der Waals surface area contributed by atoms with E-state index in [1.807, 2.05) is 18.2 Å². The smallest absolute Gasteiger partial charge is 0.277 e. The van der Waals surface area contributed by atoms with Gasteiger partial charge in [0.25, 0.3) is 5.56 Å². The molecule has 8 rings (SSSR count). The van der Waals surface area contributed by atoms with E-state index in [0.29, 0.717) is 23.3 Å². The Balaban J connectivity index is 1.27. The Kier molecular flexibility index (Phi) is 6.03. The zero-order valence-corrected chi connectivity index (χ0v) is 21.6. The van der Waals surface area contributed by atoms with Crippen LogP contribution in [-0.4, -0.2) is 37.6 Å². The quantitative estimate of drug-likeness (QED) is 0.505. The molecular formula is C31H38N4O2. The molecule has 194 valence electrons. The van der Waals surface area contributed by atoms with Crippen LogP contribution in [-0.2, 0) is 0 Å². The lowest BCUT2D eigenvalue weighted by atomic mass is 9.69. The molecule has 2 aromatic heterocycles. The largest absolute Gasteiger partial charge is 0.328 e. The van der Waals surface area contributed by atoms with Crippen LogP contribution >= 0.6 is 0 Å². The average Bonchev–Trinajstić information content (AvgIpc) is 2.88. The van der Waals surface area contributed by atoms with Crippen LogP contribution in [0.2, 0.25) is 0 Å². The van der Waals surface area contributed by atoms with Gasteiger partial charge in [-0.1, -0.05) is 44.2 Å². The summed E-state index contributed by atoms with van der Waals surface area (Å²) in [5, 5.41) is 0. The molecule has 2 saturated heterocycles. The van der Waals surface area contributed by atoms with Crippen molar-refractivity contribution in [3.8, 4) is 11.3 Å². The summed E-state index contributed by atoms with van der Waals surface area (Å²) >= 11 is 0. The monoisotopic (exact) mass is 498 g/mol. The molecule has 0 spiro atoms. The second-order valence-corrected chi connectivity index (χ2v) is 12.2. The van der Waals surface area contributed by atoms with E-state index in [-0.39, 0.29) is 17.2 Å².